The van der Waals surface area contributed by atoms with Crippen LogP contribution in [0, 0.1) is 5.82 Å². The zero-order valence-electron chi connectivity index (χ0n) is 15.6. The summed E-state index contributed by atoms with van der Waals surface area (Å²) in [5, 5.41) is 7.68. The molecule has 0 spiro atoms. The Kier molecular flexibility index (Phi) is 5.37. The van der Waals surface area contributed by atoms with E-state index in [1.54, 1.807) is 23.1 Å². The zero-order chi connectivity index (χ0) is 19.3. The van der Waals surface area contributed by atoms with Crippen molar-refractivity contribution in [3.63, 3.8) is 0 Å². The summed E-state index contributed by atoms with van der Waals surface area (Å²) in [6.07, 6.45) is 5.30. The first-order valence-corrected chi connectivity index (χ1v) is 9.55. The third kappa shape index (κ3) is 4.39. The second-order valence-corrected chi connectivity index (χ2v) is 7.16. The fourth-order valence-electron chi connectivity index (χ4n) is 3.61. The molecule has 3 aromatic rings. The minimum Gasteiger partial charge on any atom is -0.380 e. The number of nitrogens with one attached hydrogen (secondary N) is 1. The van der Waals surface area contributed by atoms with E-state index in [2.05, 4.69) is 10.4 Å². The van der Waals surface area contributed by atoms with Crippen molar-refractivity contribution in [1.82, 2.24) is 14.7 Å². The van der Waals surface area contributed by atoms with Gasteiger partial charge in [-0.15, -0.1) is 0 Å². The molecule has 4 rings (SSSR count). The maximum atomic E-state index is 13.4. The van der Waals surface area contributed by atoms with Crippen LogP contribution in [0.2, 0.25) is 0 Å². The monoisotopic (exact) mass is 378 g/mol. The standard InChI is InChI=1S/C22H23FN4O/c23-19-8-4-9-20(12-19)25-21-10-5-11-26(16-21)22(28)18-13-24-27(15-18)14-17-6-2-1-3-7-17/h1-4,6-9,12-13,15,21,25H,5,10-11,14,16H2. The van der Waals surface area contributed by atoms with Gasteiger partial charge in [-0.25, -0.2) is 4.39 Å². The average Bonchev–Trinajstić information content (AvgIpc) is 3.17. The van der Waals surface area contributed by atoms with Crippen LogP contribution in [0.5, 0.6) is 0 Å². The predicted molar refractivity (Wildman–Crippen MR) is 107 cm³/mol. The van der Waals surface area contributed by atoms with E-state index in [0.29, 0.717) is 18.7 Å². The Labute approximate surface area is 163 Å². The molecule has 144 valence electrons. The van der Waals surface area contributed by atoms with Crippen LogP contribution in [0.15, 0.2) is 67.0 Å². The summed E-state index contributed by atoms with van der Waals surface area (Å²) in [5.41, 5.74) is 2.49. The smallest absolute Gasteiger partial charge is 0.257 e. The fraction of sp³-hybridized carbons (Fsp3) is 0.273. The van der Waals surface area contributed by atoms with Gasteiger partial charge in [0.2, 0.25) is 0 Å². The summed E-state index contributed by atoms with van der Waals surface area (Å²) in [6.45, 7) is 1.96. The molecule has 1 saturated heterocycles. The molecule has 28 heavy (non-hydrogen) atoms. The highest BCUT2D eigenvalue weighted by Crippen LogP contribution is 2.19. The summed E-state index contributed by atoms with van der Waals surface area (Å²) in [6, 6.07) is 16.6. The van der Waals surface area contributed by atoms with Crippen molar-refractivity contribution in [1.29, 1.82) is 0 Å². The molecule has 0 aliphatic carbocycles. The Balaban J connectivity index is 1.39. The van der Waals surface area contributed by atoms with Crippen molar-refractivity contribution in [3.05, 3.63) is 83.9 Å². The molecule has 2 aromatic carbocycles. The van der Waals surface area contributed by atoms with Crippen LogP contribution in [0.4, 0.5) is 10.1 Å². The Morgan fingerprint density at radius 1 is 1.18 bits per heavy atom. The number of halogens is 1. The highest BCUT2D eigenvalue weighted by atomic mass is 19.1. The minimum absolute atomic E-state index is 0.00921. The second-order valence-electron chi connectivity index (χ2n) is 7.16. The SMILES string of the molecule is O=C(c1cnn(Cc2ccccc2)c1)N1CCCC(Nc2cccc(F)c2)C1. The lowest BCUT2D eigenvalue weighted by atomic mass is 10.0. The molecule has 1 aromatic heterocycles. The van der Waals surface area contributed by atoms with Crippen LogP contribution >= 0.6 is 0 Å². The molecule has 1 unspecified atom stereocenters. The number of aromatic nitrogens is 2. The van der Waals surface area contributed by atoms with E-state index in [-0.39, 0.29) is 17.8 Å². The third-order valence-corrected chi connectivity index (χ3v) is 4.97. The lowest BCUT2D eigenvalue weighted by Crippen LogP contribution is -2.45. The number of carbonyl (C=O) groups is 1. The summed E-state index contributed by atoms with van der Waals surface area (Å²) < 4.78 is 15.2. The third-order valence-electron chi connectivity index (χ3n) is 4.97. The molecule has 0 bridgehead atoms. The lowest BCUT2D eigenvalue weighted by Gasteiger charge is -2.33. The molecule has 1 aliphatic heterocycles. The van der Waals surface area contributed by atoms with Crippen LogP contribution in [-0.2, 0) is 6.54 Å². The van der Waals surface area contributed by atoms with Crippen molar-refractivity contribution in [3.8, 4) is 0 Å². The quantitative estimate of drug-likeness (QED) is 0.735. The molecule has 1 fully saturated rings. The Morgan fingerprint density at radius 3 is 2.86 bits per heavy atom. The van der Waals surface area contributed by atoms with Gasteiger partial charge in [-0.2, -0.15) is 5.10 Å². The lowest BCUT2D eigenvalue weighted by molar-refractivity contribution is 0.0714. The van der Waals surface area contributed by atoms with E-state index in [1.165, 1.54) is 12.1 Å². The number of carbonyl (C=O) groups excluding carboxylic acids is 1. The van der Waals surface area contributed by atoms with Crippen molar-refractivity contribution in [2.24, 2.45) is 0 Å². The molecule has 2 heterocycles. The van der Waals surface area contributed by atoms with Gasteiger partial charge in [-0.1, -0.05) is 36.4 Å². The van der Waals surface area contributed by atoms with Gasteiger partial charge in [0.15, 0.2) is 0 Å². The molecule has 1 aliphatic rings. The molecule has 5 nitrogen and oxygen atoms in total. The van der Waals surface area contributed by atoms with Gasteiger partial charge in [0.1, 0.15) is 5.82 Å². The van der Waals surface area contributed by atoms with Crippen molar-refractivity contribution in [2.45, 2.75) is 25.4 Å². The van der Waals surface area contributed by atoms with Gasteiger partial charge in [0, 0.05) is 31.0 Å². The van der Waals surface area contributed by atoms with Crippen molar-refractivity contribution >= 4 is 11.6 Å². The van der Waals surface area contributed by atoms with Gasteiger partial charge >= 0.3 is 0 Å². The summed E-state index contributed by atoms with van der Waals surface area (Å²) in [7, 11) is 0. The Hall–Kier alpha value is -3.15. The van der Waals surface area contributed by atoms with Crippen molar-refractivity contribution in [2.75, 3.05) is 18.4 Å². The topological polar surface area (TPSA) is 50.2 Å². The summed E-state index contributed by atoms with van der Waals surface area (Å²) in [5.74, 6) is -0.273. The molecule has 1 N–H and O–H groups in total. The van der Waals surface area contributed by atoms with E-state index in [1.807, 2.05) is 41.3 Å². The first-order chi connectivity index (χ1) is 13.7. The van der Waals surface area contributed by atoms with Gasteiger partial charge in [-0.3, -0.25) is 9.48 Å². The number of hydrogen-bond donors (Lipinski definition) is 1. The highest BCUT2D eigenvalue weighted by Gasteiger charge is 2.25. The van der Waals surface area contributed by atoms with Crippen LogP contribution in [0.25, 0.3) is 0 Å². The number of likely N-dealkylation sites (tertiary alicyclic amines) is 1. The molecule has 1 amide bonds. The second kappa shape index (κ2) is 8.25. The van der Waals surface area contributed by atoms with Gasteiger partial charge < -0.3 is 10.2 Å². The first-order valence-electron chi connectivity index (χ1n) is 9.55. The number of hydrogen-bond acceptors (Lipinski definition) is 3. The number of amides is 1. The average molecular weight is 378 g/mol. The fourth-order valence-corrected chi connectivity index (χ4v) is 3.61. The van der Waals surface area contributed by atoms with E-state index in [0.717, 1.165) is 30.6 Å². The molecule has 1 atom stereocenters. The zero-order valence-corrected chi connectivity index (χ0v) is 15.6. The minimum atomic E-state index is -0.264. The van der Waals surface area contributed by atoms with Gasteiger partial charge in [0.25, 0.3) is 5.91 Å². The van der Waals surface area contributed by atoms with E-state index in [4.69, 9.17) is 0 Å². The maximum absolute atomic E-state index is 13.4. The molecule has 6 heteroatoms. The van der Waals surface area contributed by atoms with Crippen LogP contribution in [0.1, 0.15) is 28.8 Å². The van der Waals surface area contributed by atoms with Crippen LogP contribution in [-0.4, -0.2) is 39.7 Å². The van der Waals surface area contributed by atoms with Gasteiger partial charge in [0.05, 0.1) is 18.3 Å². The summed E-state index contributed by atoms with van der Waals surface area (Å²) in [4.78, 5) is 14.8. The molecular weight excluding hydrogens is 355 g/mol. The highest BCUT2D eigenvalue weighted by molar-refractivity contribution is 5.93. The maximum Gasteiger partial charge on any atom is 0.257 e. The van der Waals surface area contributed by atoms with Crippen LogP contribution < -0.4 is 5.32 Å². The van der Waals surface area contributed by atoms with Crippen molar-refractivity contribution < 1.29 is 9.18 Å². The number of rotatable bonds is 5. The number of nitrogens with zero attached hydrogens (tertiary/aromatic N) is 3. The first kappa shape index (κ1) is 18.2. The Bertz CT molecular complexity index is 940. The Morgan fingerprint density at radius 2 is 2.04 bits per heavy atom. The molecular formula is C22H23FN4O. The number of piperidine rings is 1. The normalized spacial score (nSPS) is 16.8. The number of benzene rings is 2. The predicted octanol–water partition coefficient (Wildman–Crippen LogP) is 3.79. The number of anilines is 1. The largest absolute Gasteiger partial charge is 0.380 e. The summed E-state index contributed by atoms with van der Waals surface area (Å²) >= 11 is 0. The van der Waals surface area contributed by atoms with Crippen LogP contribution in [0.3, 0.4) is 0 Å². The molecule has 0 radical (unpaired) electrons. The van der Waals surface area contributed by atoms with E-state index in [9.17, 15) is 9.18 Å². The van der Waals surface area contributed by atoms with E-state index >= 15 is 0 Å². The molecule has 0 saturated carbocycles. The van der Waals surface area contributed by atoms with E-state index < -0.39 is 0 Å². The van der Waals surface area contributed by atoms with Gasteiger partial charge in [-0.05, 0) is 36.6 Å².